The molecule has 0 bridgehead atoms. The molecular weight excluding hydrogens is 271 g/mol. The maximum absolute atomic E-state index is 13.7. The van der Waals surface area contributed by atoms with Crippen molar-refractivity contribution in [2.45, 2.75) is 6.92 Å². The average molecular weight is 281 g/mol. The fourth-order valence-electron chi connectivity index (χ4n) is 1.63. The first-order chi connectivity index (χ1) is 9.38. The van der Waals surface area contributed by atoms with E-state index in [1.54, 1.807) is 6.92 Å². The second-order valence-electron chi connectivity index (χ2n) is 4.21. The first-order valence-electron chi connectivity index (χ1n) is 5.64. The highest BCUT2D eigenvalue weighted by atomic mass is 19.1. The van der Waals surface area contributed by atoms with Crippen molar-refractivity contribution in [2.75, 3.05) is 5.32 Å². The number of carboxylic acids is 1. The minimum atomic E-state index is -1.43. The number of benzene rings is 2. The van der Waals surface area contributed by atoms with Crippen molar-refractivity contribution in [3.05, 3.63) is 58.9 Å². The van der Waals surface area contributed by atoms with Gasteiger partial charge in [-0.25, -0.2) is 18.0 Å². The minimum Gasteiger partial charge on any atom is -0.478 e. The molecule has 2 N–H and O–H groups in total. The van der Waals surface area contributed by atoms with Gasteiger partial charge in [0.15, 0.2) is 11.6 Å². The van der Waals surface area contributed by atoms with Crippen LogP contribution in [0.1, 0.15) is 15.9 Å². The molecule has 0 aromatic heterocycles. The Labute approximate surface area is 112 Å². The van der Waals surface area contributed by atoms with E-state index in [-0.39, 0.29) is 5.69 Å². The number of aromatic carboxylic acids is 1. The third-order valence-electron chi connectivity index (χ3n) is 2.73. The number of nitrogens with one attached hydrogen (secondary N) is 1. The van der Waals surface area contributed by atoms with E-state index in [1.807, 2.05) is 0 Å². The van der Waals surface area contributed by atoms with Gasteiger partial charge >= 0.3 is 5.97 Å². The first-order valence-corrected chi connectivity index (χ1v) is 5.64. The summed E-state index contributed by atoms with van der Waals surface area (Å²) < 4.78 is 40.7. The third kappa shape index (κ3) is 2.74. The summed E-state index contributed by atoms with van der Waals surface area (Å²) in [7, 11) is 0. The van der Waals surface area contributed by atoms with Crippen molar-refractivity contribution in [3.63, 3.8) is 0 Å². The molecule has 0 radical (unpaired) electrons. The lowest BCUT2D eigenvalue weighted by molar-refractivity contribution is 0.0696. The summed E-state index contributed by atoms with van der Waals surface area (Å²) in [4.78, 5) is 10.7. The van der Waals surface area contributed by atoms with Crippen LogP contribution in [0, 0.1) is 24.4 Å². The first kappa shape index (κ1) is 13.9. The summed E-state index contributed by atoms with van der Waals surface area (Å²) in [6, 6.07) is 5.40. The number of aryl methyl sites for hydroxylation is 1. The molecule has 0 aliphatic rings. The van der Waals surface area contributed by atoms with Gasteiger partial charge in [-0.2, -0.15) is 0 Å². The van der Waals surface area contributed by atoms with Crippen molar-refractivity contribution in [2.24, 2.45) is 0 Å². The van der Waals surface area contributed by atoms with E-state index in [9.17, 15) is 18.0 Å². The standard InChI is InChI=1S/C14H10F3NO2/c1-7-2-3-9(6-10(7)15)18-13-11(16)4-8(14(19)20)5-12(13)17/h2-6,18H,1H3,(H,19,20). The number of hydrogen-bond acceptors (Lipinski definition) is 2. The van der Waals surface area contributed by atoms with Crippen molar-refractivity contribution >= 4 is 17.3 Å². The lowest BCUT2D eigenvalue weighted by Gasteiger charge is -2.10. The molecule has 2 aromatic rings. The maximum Gasteiger partial charge on any atom is 0.335 e. The van der Waals surface area contributed by atoms with Crippen LogP contribution in [-0.2, 0) is 0 Å². The molecule has 0 saturated carbocycles. The van der Waals surface area contributed by atoms with Gasteiger partial charge in [-0.1, -0.05) is 6.07 Å². The van der Waals surface area contributed by atoms with Crippen molar-refractivity contribution in [1.82, 2.24) is 0 Å². The fraction of sp³-hybridized carbons (Fsp3) is 0.0714. The van der Waals surface area contributed by atoms with E-state index in [1.165, 1.54) is 12.1 Å². The monoisotopic (exact) mass is 281 g/mol. The molecule has 3 nitrogen and oxygen atoms in total. The normalized spacial score (nSPS) is 10.4. The number of hydrogen-bond donors (Lipinski definition) is 2. The zero-order valence-electron chi connectivity index (χ0n) is 10.4. The Kier molecular flexibility index (Phi) is 3.65. The van der Waals surface area contributed by atoms with Gasteiger partial charge in [0.1, 0.15) is 11.5 Å². The Bertz CT molecular complexity index is 663. The van der Waals surface area contributed by atoms with Crippen molar-refractivity contribution in [1.29, 1.82) is 0 Å². The van der Waals surface area contributed by atoms with Crippen LogP contribution in [0.15, 0.2) is 30.3 Å². The zero-order chi connectivity index (χ0) is 14.9. The topological polar surface area (TPSA) is 49.3 Å². The molecule has 0 saturated heterocycles. The predicted octanol–water partition coefficient (Wildman–Crippen LogP) is 3.85. The Morgan fingerprint density at radius 2 is 1.65 bits per heavy atom. The molecule has 2 aromatic carbocycles. The highest BCUT2D eigenvalue weighted by Gasteiger charge is 2.15. The molecular formula is C14H10F3NO2. The molecule has 0 heterocycles. The molecule has 0 aliphatic heterocycles. The van der Waals surface area contributed by atoms with Gasteiger partial charge in [0.05, 0.1) is 5.56 Å². The predicted molar refractivity (Wildman–Crippen MR) is 67.7 cm³/mol. The average Bonchev–Trinajstić information content (AvgIpc) is 2.37. The smallest absolute Gasteiger partial charge is 0.335 e. The third-order valence-corrected chi connectivity index (χ3v) is 2.73. The summed E-state index contributed by atoms with van der Waals surface area (Å²) in [5, 5.41) is 11.1. The van der Waals surface area contributed by atoms with Crippen molar-refractivity contribution in [3.8, 4) is 0 Å². The van der Waals surface area contributed by atoms with E-state index in [2.05, 4.69) is 5.32 Å². The summed E-state index contributed by atoms with van der Waals surface area (Å²) in [6.07, 6.45) is 0. The number of carboxylic acid groups (broad SMARTS) is 1. The highest BCUT2D eigenvalue weighted by molar-refractivity contribution is 5.88. The van der Waals surface area contributed by atoms with Crippen LogP contribution in [0.3, 0.4) is 0 Å². The van der Waals surface area contributed by atoms with Gasteiger partial charge < -0.3 is 10.4 Å². The molecule has 6 heteroatoms. The van der Waals surface area contributed by atoms with Crippen LogP contribution in [-0.4, -0.2) is 11.1 Å². The van der Waals surface area contributed by atoms with Gasteiger partial charge in [0.25, 0.3) is 0 Å². The van der Waals surface area contributed by atoms with Gasteiger partial charge in [-0.3, -0.25) is 0 Å². The van der Waals surface area contributed by atoms with E-state index in [0.29, 0.717) is 17.7 Å². The molecule has 0 aliphatic carbocycles. The van der Waals surface area contributed by atoms with Gasteiger partial charge in [-0.05, 0) is 36.8 Å². The molecule has 0 spiro atoms. The van der Waals surface area contributed by atoms with Crippen molar-refractivity contribution < 1.29 is 23.1 Å². The number of rotatable bonds is 3. The molecule has 0 amide bonds. The largest absolute Gasteiger partial charge is 0.478 e. The molecule has 104 valence electrons. The molecule has 2 rings (SSSR count). The number of halogens is 3. The van der Waals surface area contributed by atoms with Crippen LogP contribution < -0.4 is 5.32 Å². The van der Waals surface area contributed by atoms with E-state index in [0.717, 1.165) is 6.07 Å². The summed E-state index contributed by atoms with van der Waals surface area (Å²) in [6.45, 7) is 1.56. The number of anilines is 2. The molecule has 0 unspecified atom stereocenters. The van der Waals surface area contributed by atoms with Crippen LogP contribution in [0.4, 0.5) is 24.5 Å². The fourth-order valence-corrected chi connectivity index (χ4v) is 1.63. The maximum atomic E-state index is 13.7. The van der Waals surface area contributed by atoms with Crippen LogP contribution in [0.5, 0.6) is 0 Å². The molecule has 20 heavy (non-hydrogen) atoms. The highest BCUT2D eigenvalue weighted by Crippen LogP contribution is 2.25. The summed E-state index contributed by atoms with van der Waals surface area (Å²) in [5.41, 5.74) is -0.467. The Balaban J connectivity index is 2.38. The Hall–Kier alpha value is -2.50. The van der Waals surface area contributed by atoms with E-state index < -0.39 is 34.7 Å². The van der Waals surface area contributed by atoms with Gasteiger partial charge in [0, 0.05) is 5.69 Å². The lowest BCUT2D eigenvalue weighted by atomic mass is 10.1. The molecule has 0 atom stereocenters. The molecule has 0 fully saturated rings. The minimum absolute atomic E-state index is 0.161. The van der Waals surface area contributed by atoms with Gasteiger partial charge in [-0.15, -0.1) is 0 Å². The van der Waals surface area contributed by atoms with Gasteiger partial charge in [0.2, 0.25) is 0 Å². The van der Waals surface area contributed by atoms with E-state index >= 15 is 0 Å². The lowest BCUT2D eigenvalue weighted by Crippen LogP contribution is -2.03. The Morgan fingerprint density at radius 3 is 2.15 bits per heavy atom. The second kappa shape index (κ2) is 5.24. The summed E-state index contributed by atoms with van der Waals surface area (Å²) in [5.74, 6) is -4.08. The van der Waals surface area contributed by atoms with Crippen LogP contribution in [0.2, 0.25) is 0 Å². The van der Waals surface area contributed by atoms with Crippen LogP contribution >= 0.6 is 0 Å². The summed E-state index contributed by atoms with van der Waals surface area (Å²) >= 11 is 0. The van der Waals surface area contributed by atoms with Crippen LogP contribution in [0.25, 0.3) is 0 Å². The SMILES string of the molecule is Cc1ccc(Nc2c(F)cc(C(=O)O)cc2F)cc1F. The Morgan fingerprint density at radius 1 is 1.05 bits per heavy atom. The second-order valence-corrected chi connectivity index (χ2v) is 4.21. The number of carbonyl (C=O) groups is 1. The quantitative estimate of drug-likeness (QED) is 0.898. The zero-order valence-corrected chi connectivity index (χ0v) is 10.4. The van der Waals surface area contributed by atoms with E-state index in [4.69, 9.17) is 5.11 Å².